The number of hydrogen-bond donors (Lipinski definition) is 2. The molecule has 3 unspecified atom stereocenters. The van der Waals surface area contributed by atoms with Crippen LogP contribution in [-0.2, 0) is 12.0 Å². The molecule has 3 aromatic carbocycles. The summed E-state index contributed by atoms with van der Waals surface area (Å²) in [5.74, 6) is 1.65. The van der Waals surface area contributed by atoms with E-state index in [4.69, 9.17) is 17.7 Å². The minimum Gasteiger partial charge on any atom is -0.487 e. The van der Waals surface area contributed by atoms with Crippen LogP contribution < -0.4 is 15.5 Å². The van der Waals surface area contributed by atoms with Gasteiger partial charge in [0.15, 0.2) is 0 Å². The van der Waals surface area contributed by atoms with E-state index < -0.39 is 0 Å². The number of carbonyl (C=O) groups is 1. The lowest BCUT2D eigenvalue weighted by atomic mass is 9.63. The number of pyridine rings is 1. The molecule has 0 aliphatic heterocycles. The average molecular weight is 473 g/mol. The number of carbonyl (C=O) groups excluding carboxylic acids is 1. The van der Waals surface area contributed by atoms with Gasteiger partial charge in [0.1, 0.15) is 12.4 Å². The van der Waals surface area contributed by atoms with Crippen LogP contribution in [0.2, 0.25) is 0 Å². The van der Waals surface area contributed by atoms with E-state index in [1.807, 2.05) is 42.5 Å². The van der Waals surface area contributed by atoms with Gasteiger partial charge in [0.25, 0.3) is 5.91 Å². The maximum Gasteiger partial charge on any atom is 0.264 e. The second kappa shape index (κ2) is 9.43. The fourth-order valence-electron chi connectivity index (χ4n) is 6.56. The maximum absolute atomic E-state index is 13.1. The minimum absolute atomic E-state index is 0.230. The molecule has 2 bridgehead atoms. The lowest BCUT2D eigenvalue weighted by Gasteiger charge is -2.40. The lowest BCUT2D eigenvalue weighted by molar-refractivity contribution is 0.0942. The second-order valence-corrected chi connectivity index (χ2v) is 10.0. The van der Waals surface area contributed by atoms with Gasteiger partial charge in [-0.2, -0.15) is 0 Å². The van der Waals surface area contributed by atoms with E-state index in [2.05, 4.69) is 53.2 Å². The van der Waals surface area contributed by atoms with E-state index in [9.17, 15) is 4.79 Å². The molecule has 2 radical (unpaired) electrons. The number of hydrogen-bond acceptors (Lipinski definition) is 4. The molecule has 36 heavy (non-hydrogen) atoms. The Morgan fingerprint density at radius 1 is 1.00 bits per heavy atom. The summed E-state index contributed by atoms with van der Waals surface area (Å²) >= 11 is 0. The highest BCUT2D eigenvalue weighted by atomic mass is 16.5. The monoisotopic (exact) mass is 473 g/mol. The Balaban J connectivity index is 1.39. The third-order valence-corrected chi connectivity index (χ3v) is 8.08. The maximum atomic E-state index is 13.1. The summed E-state index contributed by atoms with van der Waals surface area (Å²) in [4.78, 5) is 17.9. The van der Waals surface area contributed by atoms with Crippen LogP contribution in [0.4, 0.5) is 0 Å². The van der Waals surface area contributed by atoms with Gasteiger partial charge in [0, 0.05) is 16.4 Å². The van der Waals surface area contributed by atoms with Gasteiger partial charge in [-0.15, -0.1) is 0 Å². The summed E-state index contributed by atoms with van der Waals surface area (Å²) in [6.07, 6.45) is 4.65. The van der Waals surface area contributed by atoms with Crippen molar-refractivity contribution in [2.24, 2.45) is 11.8 Å². The van der Waals surface area contributed by atoms with Gasteiger partial charge in [-0.05, 0) is 72.6 Å². The number of ether oxygens (including phenoxy) is 1. The molecule has 1 amide bonds. The number of fused-ring (bicyclic) bond motifs is 3. The summed E-state index contributed by atoms with van der Waals surface area (Å²) in [5.41, 5.74) is 7.05. The van der Waals surface area contributed by atoms with Crippen molar-refractivity contribution in [3.8, 4) is 5.75 Å². The van der Waals surface area contributed by atoms with Gasteiger partial charge in [0.05, 0.1) is 11.2 Å². The molecule has 4 aromatic rings. The van der Waals surface area contributed by atoms with E-state index >= 15 is 0 Å². The van der Waals surface area contributed by atoms with Crippen LogP contribution in [0.3, 0.4) is 0 Å². The highest BCUT2D eigenvalue weighted by Gasteiger charge is 2.53. The zero-order chi connectivity index (χ0) is 24.5. The summed E-state index contributed by atoms with van der Waals surface area (Å²) in [6.45, 7) is 0.352. The molecule has 0 spiro atoms. The molecule has 2 N–H and O–H groups in total. The number of amides is 1. The number of hydrazine groups is 1. The van der Waals surface area contributed by atoms with Gasteiger partial charge in [-0.3, -0.25) is 15.6 Å². The molecular weight excluding hydrogens is 445 g/mol. The molecule has 2 fully saturated rings. The van der Waals surface area contributed by atoms with Crippen molar-refractivity contribution in [1.29, 1.82) is 0 Å². The van der Waals surface area contributed by atoms with Crippen molar-refractivity contribution < 1.29 is 9.53 Å². The summed E-state index contributed by atoms with van der Waals surface area (Å²) in [6, 6.07) is 28.6. The van der Waals surface area contributed by atoms with Crippen molar-refractivity contribution in [3.63, 3.8) is 0 Å². The summed E-state index contributed by atoms with van der Waals surface area (Å²) < 4.78 is 6.26. The van der Waals surface area contributed by atoms with Crippen molar-refractivity contribution in [3.05, 3.63) is 107 Å². The number of benzene rings is 3. The highest BCUT2D eigenvalue weighted by Crippen LogP contribution is 2.60. The SMILES string of the molecule is [B]NNC(=O)c1ccc(OCc2ccc3ccccc3n2)cc1C1(c2ccccc2)CC2CCC1C2. The zero-order valence-corrected chi connectivity index (χ0v) is 20.1. The minimum atomic E-state index is -0.242. The third-order valence-electron chi connectivity index (χ3n) is 8.08. The fraction of sp³-hybridized carbons (Fsp3) is 0.267. The molecule has 1 heterocycles. The Morgan fingerprint density at radius 3 is 2.61 bits per heavy atom. The first-order valence-electron chi connectivity index (χ1n) is 12.6. The van der Waals surface area contributed by atoms with Gasteiger partial charge in [-0.1, -0.05) is 61.0 Å². The number of nitrogens with one attached hydrogen (secondary N) is 2. The number of nitrogens with zero attached hydrogens (tertiary/aromatic N) is 1. The largest absolute Gasteiger partial charge is 0.487 e. The van der Waals surface area contributed by atoms with Crippen LogP contribution in [0.15, 0.2) is 84.9 Å². The lowest BCUT2D eigenvalue weighted by Crippen LogP contribution is -2.40. The Kier molecular flexibility index (Phi) is 5.98. The molecule has 6 heteroatoms. The third kappa shape index (κ3) is 3.96. The second-order valence-electron chi connectivity index (χ2n) is 10.0. The Morgan fingerprint density at radius 2 is 1.83 bits per heavy atom. The van der Waals surface area contributed by atoms with E-state index in [0.717, 1.165) is 34.3 Å². The topological polar surface area (TPSA) is 63.2 Å². The normalized spacial score (nSPS) is 22.6. The molecule has 2 aliphatic rings. The van der Waals surface area contributed by atoms with Crippen molar-refractivity contribution in [1.82, 2.24) is 15.7 Å². The van der Waals surface area contributed by atoms with Crippen LogP contribution in [0.5, 0.6) is 5.75 Å². The van der Waals surface area contributed by atoms with Crippen molar-refractivity contribution in [2.45, 2.75) is 37.7 Å². The molecule has 0 saturated heterocycles. The fourth-order valence-corrected chi connectivity index (χ4v) is 6.56. The first kappa shape index (κ1) is 22.8. The molecular formula is C30H28BN3O2. The predicted molar refractivity (Wildman–Crippen MR) is 142 cm³/mol. The Labute approximate surface area is 212 Å². The molecule has 3 atom stereocenters. The van der Waals surface area contributed by atoms with Gasteiger partial charge in [-0.25, -0.2) is 4.98 Å². The summed E-state index contributed by atoms with van der Waals surface area (Å²) in [7, 11) is 5.44. The first-order chi connectivity index (χ1) is 17.7. The van der Waals surface area contributed by atoms with Crippen LogP contribution in [0, 0.1) is 11.8 Å². The molecule has 2 aliphatic carbocycles. The van der Waals surface area contributed by atoms with Gasteiger partial charge < -0.3 is 4.74 Å². The number of aromatic nitrogens is 1. The molecule has 5 nitrogen and oxygen atoms in total. The number of rotatable bonds is 7. The molecule has 1 aromatic heterocycles. The molecule has 178 valence electrons. The van der Waals surface area contributed by atoms with E-state index in [0.29, 0.717) is 24.0 Å². The quantitative estimate of drug-likeness (QED) is 0.285. The van der Waals surface area contributed by atoms with Crippen LogP contribution in [0.1, 0.15) is 52.9 Å². The standard InChI is InChI=1S/C30H28BN3O2/c31-34-33-29(35)26-15-14-25(36-19-24-13-11-21-6-4-5-9-28(21)32-24)17-27(26)30(22-7-2-1-3-8-22)18-20-10-12-23(30)16-20/h1-9,11,13-15,17,20,23,34H,10,12,16,18-19H2,(H,33,35). The average Bonchev–Trinajstić information content (AvgIpc) is 3.55. The van der Waals surface area contributed by atoms with Crippen molar-refractivity contribution >= 4 is 24.8 Å². The van der Waals surface area contributed by atoms with Gasteiger partial charge in [0.2, 0.25) is 7.98 Å². The van der Waals surface area contributed by atoms with Crippen molar-refractivity contribution in [2.75, 3.05) is 0 Å². The van der Waals surface area contributed by atoms with Crippen LogP contribution in [-0.4, -0.2) is 18.9 Å². The van der Waals surface area contributed by atoms with E-state index in [-0.39, 0.29) is 11.3 Å². The summed E-state index contributed by atoms with van der Waals surface area (Å²) in [5, 5.41) is 3.41. The van der Waals surface area contributed by atoms with Crippen LogP contribution in [0.25, 0.3) is 10.9 Å². The highest BCUT2D eigenvalue weighted by molar-refractivity contribution is 6.06. The van der Waals surface area contributed by atoms with E-state index in [1.54, 1.807) is 0 Å². The van der Waals surface area contributed by atoms with E-state index in [1.165, 1.54) is 24.8 Å². The Hall–Kier alpha value is -3.64. The first-order valence-corrected chi connectivity index (χ1v) is 12.6. The molecule has 2 saturated carbocycles. The predicted octanol–water partition coefficient (Wildman–Crippen LogP) is 5.24. The smallest absolute Gasteiger partial charge is 0.264 e. The number of para-hydroxylation sites is 1. The van der Waals surface area contributed by atoms with Crippen LogP contribution >= 0.6 is 0 Å². The van der Waals surface area contributed by atoms with Gasteiger partial charge >= 0.3 is 0 Å². The molecule has 6 rings (SSSR count). The Bertz CT molecular complexity index is 1410. The zero-order valence-electron chi connectivity index (χ0n) is 20.1.